The van der Waals surface area contributed by atoms with Crippen LogP contribution < -0.4 is 5.32 Å². The van der Waals surface area contributed by atoms with E-state index in [1.807, 2.05) is 12.1 Å². The van der Waals surface area contributed by atoms with Crippen molar-refractivity contribution in [3.05, 3.63) is 28.8 Å². The number of anilines is 1. The van der Waals surface area contributed by atoms with E-state index in [1.54, 1.807) is 0 Å². The molecule has 1 aliphatic heterocycles. The second-order valence-corrected chi connectivity index (χ2v) is 5.19. The second kappa shape index (κ2) is 3.47. The lowest BCUT2D eigenvalue weighted by molar-refractivity contribution is 0.349. The summed E-state index contributed by atoms with van der Waals surface area (Å²) in [6, 6.07) is 6.10. The van der Waals surface area contributed by atoms with Crippen LogP contribution in [0.5, 0.6) is 0 Å². The highest BCUT2D eigenvalue weighted by Crippen LogP contribution is 2.36. The Morgan fingerprint density at radius 3 is 2.93 bits per heavy atom. The molecule has 0 saturated carbocycles. The molecular formula is C12H16ClN. The zero-order valence-electron chi connectivity index (χ0n) is 8.73. The van der Waals surface area contributed by atoms with Crippen LogP contribution in [0.1, 0.15) is 25.8 Å². The Kier molecular flexibility index (Phi) is 2.44. The average molecular weight is 210 g/mol. The molecular weight excluding hydrogens is 194 g/mol. The molecule has 0 amide bonds. The van der Waals surface area contributed by atoms with Gasteiger partial charge in [-0.15, -0.1) is 0 Å². The third-order valence-corrected chi connectivity index (χ3v) is 3.25. The molecule has 0 radical (unpaired) electrons. The Hall–Kier alpha value is -0.690. The fourth-order valence-electron chi connectivity index (χ4n) is 2.01. The summed E-state index contributed by atoms with van der Waals surface area (Å²) >= 11 is 6.20. The fourth-order valence-corrected chi connectivity index (χ4v) is 2.25. The number of hydrogen-bond donors (Lipinski definition) is 1. The molecule has 0 aliphatic carbocycles. The summed E-state index contributed by atoms with van der Waals surface area (Å²) in [6.45, 7) is 5.64. The Labute approximate surface area is 90.5 Å². The lowest BCUT2D eigenvalue weighted by atomic mass is 9.83. The minimum absolute atomic E-state index is 0.350. The predicted molar refractivity (Wildman–Crippen MR) is 62.0 cm³/mol. The van der Waals surface area contributed by atoms with Gasteiger partial charge in [-0.2, -0.15) is 0 Å². The smallest absolute Gasteiger partial charge is 0.0458 e. The highest BCUT2D eigenvalue weighted by molar-refractivity contribution is 6.31. The SMILES string of the molecule is CC1(C)CCNc2cccc(Cl)c2C1. The fraction of sp³-hybridized carbons (Fsp3) is 0.500. The van der Waals surface area contributed by atoms with Gasteiger partial charge >= 0.3 is 0 Å². The second-order valence-electron chi connectivity index (χ2n) is 4.78. The number of nitrogens with one attached hydrogen (secondary N) is 1. The Morgan fingerprint density at radius 1 is 1.36 bits per heavy atom. The third kappa shape index (κ3) is 1.88. The molecule has 0 aromatic heterocycles. The maximum atomic E-state index is 6.20. The molecule has 0 spiro atoms. The summed E-state index contributed by atoms with van der Waals surface area (Å²) in [5.41, 5.74) is 2.84. The molecule has 0 saturated heterocycles. The van der Waals surface area contributed by atoms with E-state index in [9.17, 15) is 0 Å². The standard InChI is InChI=1S/C12H16ClN/c1-12(2)6-7-14-11-5-3-4-10(13)9(11)8-12/h3-5,14H,6-8H2,1-2H3. The van der Waals surface area contributed by atoms with E-state index >= 15 is 0 Å². The molecule has 1 aromatic carbocycles. The van der Waals surface area contributed by atoms with E-state index in [0.717, 1.165) is 18.0 Å². The van der Waals surface area contributed by atoms with Crippen LogP contribution in [-0.2, 0) is 6.42 Å². The van der Waals surface area contributed by atoms with Crippen LogP contribution in [0.4, 0.5) is 5.69 Å². The molecule has 2 rings (SSSR count). The van der Waals surface area contributed by atoms with Crippen molar-refractivity contribution in [3.63, 3.8) is 0 Å². The summed E-state index contributed by atoms with van der Waals surface area (Å²) in [7, 11) is 0. The van der Waals surface area contributed by atoms with Gasteiger partial charge in [0.25, 0.3) is 0 Å². The van der Waals surface area contributed by atoms with Gasteiger partial charge in [-0.3, -0.25) is 0 Å². The minimum Gasteiger partial charge on any atom is -0.385 e. The molecule has 0 atom stereocenters. The van der Waals surface area contributed by atoms with Crippen molar-refractivity contribution >= 4 is 17.3 Å². The summed E-state index contributed by atoms with van der Waals surface area (Å²) in [5, 5.41) is 4.33. The van der Waals surface area contributed by atoms with Crippen molar-refractivity contribution < 1.29 is 0 Å². The number of fused-ring (bicyclic) bond motifs is 1. The largest absolute Gasteiger partial charge is 0.385 e. The van der Waals surface area contributed by atoms with Gasteiger partial charge in [0.15, 0.2) is 0 Å². The van der Waals surface area contributed by atoms with Gasteiger partial charge in [-0.25, -0.2) is 0 Å². The van der Waals surface area contributed by atoms with Crippen LogP contribution in [0.2, 0.25) is 5.02 Å². The van der Waals surface area contributed by atoms with Crippen LogP contribution in [0, 0.1) is 5.41 Å². The highest BCUT2D eigenvalue weighted by Gasteiger charge is 2.24. The zero-order valence-corrected chi connectivity index (χ0v) is 9.49. The average Bonchev–Trinajstić information content (AvgIpc) is 2.24. The van der Waals surface area contributed by atoms with Gasteiger partial charge in [-0.1, -0.05) is 31.5 Å². The number of hydrogen-bond acceptors (Lipinski definition) is 1. The molecule has 1 nitrogen and oxygen atoms in total. The van der Waals surface area contributed by atoms with E-state index in [2.05, 4.69) is 25.2 Å². The highest BCUT2D eigenvalue weighted by atomic mass is 35.5. The first-order valence-corrected chi connectivity index (χ1v) is 5.48. The van der Waals surface area contributed by atoms with Crippen LogP contribution in [-0.4, -0.2) is 6.54 Å². The molecule has 1 aromatic rings. The third-order valence-electron chi connectivity index (χ3n) is 2.89. The quantitative estimate of drug-likeness (QED) is 0.687. The van der Waals surface area contributed by atoms with Crippen LogP contribution in [0.3, 0.4) is 0 Å². The van der Waals surface area contributed by atoms with Crippen molar-refractivity contribution in [2.24, 2.45) is 5.41 Å². The number of halogens is 1. The van der Waals surface area contributed by atoms with Crippen molar-refractivity contribution in [2.45, 2.75) is 26.7 Å². The molecule has 0 bridgehead atoms. The predicted octanol–water partition coefficient (Wildman–Crippen LogP) is 3.72. The van der Waals surface area contributed by atoms with Crippen molar-refractivity contribution in [2.75, 3.05) is 11.9 Å². The molecule has 2 heteroatoms. The van der Waals surface area contributed by atoms with Crippen molar-refractivity contribution in [1.82, 2.24) is 0 Å². The van der Waals surface area contributed by atoms with E-state index in [4.69, 9.17) is 11.6 Å². The molecule has 14 heavy (non-hydrogen) atoms. The van der Waals surface area contributed by atoms with Gasteiger partial charge in [0.05, 0.1) is 0 Å². The van der Waals surface area contributed by atoms with E-state index < -0.39 is 0 Å². The first-order chi connectivity index (χ1) is 6.58. The number of benzene rings is 1. The Bertz CT molecular complexity index is 344. The Morgan fingerprint density at radius 2 is 2.14 bits per heavy atom. The molecule has 1 N–H and O–H groups in total. The monoisotopic (exact) mass is 209 g/mol. The zero-order chi connectivity index (χ0) is 10.2. The van der Waals surface area contributed by atoms with Crippen LogP contribution in [0.15, 0.2) is 18.2 Å². The van der Waals surface area contributed by atoms with Crippen molar-refractivity contribution in [3.8, 4) is 0 Å². The summed E-state index contributed by atoms with van der Waals surface area (Å²) in [6.07, 6.45) is 2.26. The first kappa shape index (κ1) is 9.85. The van der Waals surface area contributed by atoms with E-state index in [-0.39, 0.29) is 0 Å². The van der Waals surface area contributed by atoms with Gasteiger partial charge in [0.1, 0.15) is 0 Å². The lowest BCUT2D eigenvalue weighted by Crippen LogP contribution is -2.15. The summed E-state index contributed by atoms with van der Waals surface area (Å²) < 4.78 is 0. The van der Waals surface area contributed by atoms with Crippen molar-refractivity contribution in [1.29, 1.82) is 0 Å². The van der Waals surface area contributed by atoms with E-state index in [1.165, 1.54) is 17.7 Å². The molecule has 0 fully saturated rings. The van der Waals surface area contributed by atoms with Gasteiger partial charge in [-0.05, 0) is 36.0 Å². The topological polar surface area (TPSA) is 12.0 Å². The summed E-state index contributed by atoms with van der Waals surface area (Å²) in [5.74, 6) is 0. The number of rotatable bonds is 0. The molecule has 1 aliphatic rings. The van der Waals surface area contributed by atoms with Gasteiger partial charge < -0.3 is 5.32 Å². The molecule has 1 heterocycles. The maximum absolute atomic E-state index is 6.20. The van der Waals surface area contributed by atoms with Crippen LogP contribution in [0.25, 0.3) is 0 Å². The van der Waals surface area contributed by atoms with E-state index in [0.29, 0.717) is 5.41 Å². The Balaban J connectivity index is 2.43. The van der Waals surface area contributed by atoms with Crippen LogP contribution >= 0.6 is 11.6 Å². The van der Waals surface area contributed by atoms with Gasteiger partial charge in [0.2, 0.25) is 0 Å². The first-order valence-electron chi connectivity index (χ1n) is 5.10. The maximum Gasteiger partial charge on any atom is 0.0458 e. The summed E-state index contributed by atoms with van der Waals surface area (Å²) in [4.78, 5) is 0. The lowest BCUT2D eigenvalue weighted by Gasteiger charge is -2.22. The minimum atomic E-state index is 0.350. The molecule has 76 valence electrons. The molecule has 0 unspecified atom stereocenters. The normalized spacial score (nSPS) is 19.4. The van der Waals surface area contributed by atoms with Gasteiger partial charge in [0, 0.05) is 17.3 Å².